The molecule has 178 valence electrons. The number of thioether (sulfide) groups is 2. The lowest BCUT2D eigenvalue weighted by atomic mass is 10.1. The van der Waals surface area contributed by atoms with Crippen molar-refractivity contribution >= 4 is 35.1 Å². The number of aryl methyl sites for hydroxylation is 1. The molecule has 0 spiro atoms. The van der Waals surface area contributed by atoms with Crippen LogP contribution in [0.25, 0.3) is 5.69 Å². The van der Waals surface area contributed by atoms with E-state index >= 15 is 0 Å². The van der Waals surface area contributed by atoms with Crippen molar-refractivity contribution in [3.05, 3.63) is 70.1 Å². The van der Waals surface area contributed by atoms with Gasteiger partial charge in [0.05, 0.1) is 39.9 Å². The van der Waals surface area contributed by atoms with Crippen molar-refractivity contribution < 1.29 is 22.7 Å². The van der Waals surface area contributed by atoms with Crippen molar-refractivity contribution in [1.82, 2.24) is 9.55 Å². The van der Waals surface area contributed by atoms with Gasteiger partial charge in [-0.2, -0.15) is 13.2 Å². The van der Waals surface area contributed by atoms with Crippen LogP contribution in [0.2, 0.25) is 0 Å². The number of halogens is 3. The van der Waals surface area contributed by atoms with Crippen molar-refractivity contribution in [2.24, 2.45) is 0 Å². The minimum atomic E-state index is -4.59. The number of aromatic nitrogens is 2. The second-order valence-electron chi connectivity index (χ2n) is 7.22. The van der Waals surface area contributed by atoms with Crippen LogP contribution in [0.3, 0.4) is 0 Å². The first-order chi connectivity index (χ1) is 16.3. The van der Waals surface area contributed by atoms with Gasteiger partial charge in [0.2, 0.25) is 5.91 Å². The third-order valence-corrected chi connectivity index (χ3v) is 6.96. The second kappa shape index (κ2) is 10.1. The minimum absolute atomic E-state index is 0.221. The summed E-state index contributed by atoms with van der Waals surface area (Å²) in [5.74, 6) is 0.537. The summed E-state index contributed by atoms with van der Waals surface area (Å²) >= 11 is 2.43. The Labute approximate surface area is 201 Å². The van der Waals surface area contributed by atoms with Crippen LogP contribution >= 0.6 is 23.5 Å². The number of ether oxygens (including phenoxy) is 1. The number of rotatable bonds is 7. The number of hydrogen-bond donors (Lipinski definition) is 1. The number of para-hydroxylation sites is 1. The fourth-order valence-electron chi connectivity index (χ4n) is 3.43. The van der Waals surface area contributed by atoms with Crippen molar-refractivity contribution in [2.75, 3.05) is 23.4 Å². The van der Waals surface area contributed by atoms with Gasteiger partial charge < -0.3 is 10.1 Å². The average Bonchev–Trinajstić information content (AvgIpc) is 3.27. The molecule has 11 heteroatoms. The number of nitrogens with zero attached hydrogens (tertiary/aromatic N) is 2. The number of alkyl halides is 3. The maximum atomic E-state index is 13.2. The van der Waals surface area contributed by atoms with Crippen LogP contribution in [0.5, 0.6) is 5.75 Å². The molecule has 2 heterocycles. The first-order valence-corrected chi connectivity index (χ1v) is 12.4. The second-order valence-corrected chi connectivity index (χ2v) is 9.26. The Bertz CT molecular complexity index is 1260. The molecule has 1 N–H and O–H groups in total. The van der Waals surface area contributed by atoms with Crippen molar-refractivity contribution in [1.29, 1.82) is 0 Å². The predicted molar refractivity (Wildman–Crippen MR) is 126 cm³/mol. The molecule has 0 fully saturated rings. The van der Waals surface area contributed by atoms with E-state index in [0.29, 0.717) is 40.2 Å². The molecule has 0 unspecified atom stereocenters. The fourth-order valence-corrected chi connectivity index (χ4v) is 5.28. The van der Waals surface area contributed by atoms with Crippen molar-refractivity contribution in [2.45, 2.75) is 29.6 Å². The maximum absolute atomic E-state index is 13.2. The van der Waals surface area contributed by atoms with E-state index in [9.17, 15) is 22.8 Å². The third-order valence-electron chi connectivity index (χ3n) is 4.91. The first kappa shape index (κ1) is 24.2. The highest BCUT2D eigenvalue weighted by Gasteiger charge is 2.33. The normalized spacial score (nSPS) is 12.9. The molecule has 4 rings (SSSR count). The molecule has 0 atom stereocenters. The number of nitrogens with one attached hydrogen (secondary N) is 1. The van der Waals surface area contributed by atoms with Crippen molar-refractivity contribution in [3.8, 4) is 11.4 Å². The predicted octanol–water partition coefficient (Wildman–Crippen LogP) is 5.03. The first-order valence-electron chi connectivity index (χ1n) is 10.4. The number of fused-ring (bicyclic) bond motifs is 1. The van der Waals surface area contributed by atoms with E-state index in [-0.39, 0.29) is 17.0 Å². The van der Waals surface area contributed by atoms with Gasteiger partial charge in [-0.05, 0) is 43.3 Å². The number of hydrogen-bond acceptors (Lipinski definition) is 6. The number of anilines is 1. The topological polar surface area (TPSA) is 73.2 Å². The minimum Gasteiger partial charge on any atom is -0.494 e. The van der Waals surface area contributed by atoms with Crippen LogP contribution in [0.15, 0.2) is 63.4 Å². The van der Waals surface area contributed by atoms with Gasteiger partial charge in [0.1, 0.15) is 5.75 Å². The summed E-state index contributed by atoms with van der Waals surface area (Å²) in [5.41, 5.74) is -0.249. The Balaban J connectivity index is 1.59. The van der Waals surface area contributed by atoms with Gasteiger partial charge in [0.25, 0.3) is 5.56 Å². The third kappa shape index (κ3) is 5.25. The van der Waals surface area contributed by atoms with E-state index in [4.69, 9.17) is 4.74 Å². The number of amides is 1. The molecular weight excluding hydrogens is 487 g/mol. The van der Waals surface area contributed by atoms with Crippen LogP contribution in [-0.2, 0) is 17.4 Å². The number of carbonyl (C=O) groups is 1. The lowest BCUT2D eigenvalue weighted by Gasteiger charge is -2.15. The molecule has 3 aromatic rings. The Morgan fingerprint density at radius 1 is 1.21 bits per heavy atom. The molecule has 1 aliphatic rings. The number of carbonyl (C=O) groups excluding carboxylic acids is 1. The van der Waals surface area contributed by atoms with E-state index in [0.717, 1.165) is 23.6 Å². The Hall–Kier alpha value is -2.92. The zero-order valence-electron chi connectivity index (χ0n) is 18.0. The summed E-state index contributed by atoms with van der Waals surface area (Å²) in [6.45, 7) is 2.37. The average molecular weight is 508 g/mol. The van der Waals surface area contributed by atoms with E-state index in [1.165, 1.54) is 34.5 Å². The summed E-state index contributed by atoms with van der Waals surface area (Å²) in [7, 11) is 0. The molecule has 1 aliphatic heterocycles. The summed E-state index contributed by atoms with van der Waals surface area (Å²) in [5, 5.41) is 2.62. The van der Waals surface area contributed by atoms with Crippen LogP contribution in [0, 0.1) is 0 Å². The molecule has 0 saturated carbocycles. The highest BCUT2D eigenvalue weighted by atomic mass is 32.2. The van der Waals surface area contributed by atoms with Gasteiger partial charge in [-0.25, -0.2) is 4.98 Å². The van der Waals surface area contributed by atoms with Crippen molar-refractivity contribution in [3.63, 3.8) is 0 Å². The molecule has 1 amide bonds. The smallest absolute Gasteiger partial charge is 0.418 e. The largest absolute Gasteiger partial charge is 0.494 e. The molecule has 0 saturated heterocycles. The van der Waals surface area contributed by atoms with E-state index in [2.05, 4.69) is 10.3 Å². The van der Waals surface area contributed by atoms with Gasteiger partial charge in [-0.3, -0.25) is 14.2 Å². The van der Waals surface area contributed by atoms with E-state index < -0.39 is 17.6 Å². The van der Waals surface area contributed by atoms with Gasteiger partial charge in [-0.15, -0.1) is 11.8 Å². The molecule has 0 bridgehead atoms. The lowest BCUT2D eigenvalue weighted by Crippen LogP contribution is -2.25. The van der Waals surface area contributed by atoms with Gasteiger partial charge in [-0.1, -0.05) is 23.9 Å². The molecule has 1 aromatic heterocycles. The highest BCUT2D eigenvalue weighted by Crippen LogP contribution is 2.35. The summed E-state index contributed by atoms with van der Waals surface area (Å²) in [4.78, 5) is 30.9. The number of benzene rings is 2. The molecular formula is C23H20F3N3O3S2. The molecule has 2 aromatic carbocycles. The quantitative estimate of drug-likeness (QED) is 0.357. The fraction of sp³-hybridized carbons (Fsp3) is 0.261. The maximum Gasteiger partial charge on any atom is 0.418 e. The van der Waals surface area contributed by atoms with Gasteiger partial charge in [0, 0.05) is 12.2 Å². The summed E-state index contributed by atoms with van der Waals surface area (Å²) in [6.07, 6.45) is -3.96. The van der Waals surface area contributed by atoms with Crippen LogP contribution < -0.4 is 15.6 Å². The van der Waals surface area contributed by atoms with E-state index in [1.54, 1.807) is 24.3 Å². The van der Waals surface area contributed by atoms with E-state index in [1.807, 2.05) is 6.92 Å². The monoisotopic (exact) mass is 507 g/mol. The Morgan fingerprint density at radius 3 is 2.65 bits per heavy atom. The molecule has 6 nitrogen and oxygen atoms in total. The zero-order valence-corrected chi connectivity index (χ0v) is 19.6. The SMILES string of the molecule is CCOc1ccc(-n2c(SCC(=O)Nc3ccccc3C(F)(F)F)nc3c(c2=O)SCC3)cc1. The van der Waals surface area contributed by atoms with Crippen LogP contribution in [0.1, 0.15) is 18.2 Å². The Morgan fingerprint density at radius 2 is 1.94 bits per heavy atom. The zero-order chi connectivity index (χ0) is 24.3. The van der Waals surface area contributed by atoms with Gasteiger partial charge >= 0.3 is 6.18 Å². The Kier molecular flexibility index (Phi) is 7.22. The van der Waals surface area contributed by atoms with Crippen LogP contribution in [-0.4, -0.2) is 33.6 Å². The molecule has 0 aliphatic carbocycles. The van der Waals surface area contributed by atoms with Crippen LogP contribution in [0.4, 0.5) is 18.9 Å². The summed E-state index contributed by atoms with van der Waals surface area (Å²) < 4.78 is 46.5. The highest BCUT2D eigenvalue weighted by molar-refractivity contribution is 8.00. The molecule has 0 radical (unpaired) electrons. The lowest BCUT2D eigenvalue weighted by molar-refractivity contribution is -0.137. The summed E-state index contributed by atoms with van der Waals surface area (Å²) in [6, 6.07) is 11.7. The standard InChI is InChI=1S/C23H20F3N3O3S2/c1-2-32-15-9-7-14(8-10-15)29-21(31)20-18(11-12-33-20)28-22(29)34-13-19(30)27-17-6-4-3-5-16(17)23(24,25)26/h3-10H,2,11-13H2,1H3,(H,27,30). The molecule has 34 heavy (non-hydrogen) atoms. The van der Waals surface area contributed by atoms with Gasteiger partial charge in [0.15, 0.2) is 5.16 Å².